The number of benzene rings is 3. The molecule has 5 rings (SSSR count). The van der Waals surface area contributed by atoms with Crippen molar-refractivity contribution in [3.05, 3.63) is 78.9 Å². The van der Waals surface area contributed by atoms with Crippen LogP contribution in [-0.2, 0) is 14.9 Å². The van der Waals surface area contributed by atoms with E-state index >= 15 is 0 Å². The van der Waals surface area contributed by atoms with Crippen molar-refractivity contribution >= 4 is 34.3 Å². The van der Waals surface area contributed by atoms with E-state index < -0.39 is 23.3 Å². The summed E-state index contributed by atoms with van der Waals surface area (Å²) < 4.78 is 12.2. The normalized spacial score (nSPS) is 21.0. The number of fused-ring (bicyclic) bond motifs is 4. The molecule has 0 bridgehead atoms. The molecule has 2 aliphatic rings. The van der Waals surface area contributed by atoms with Gasteiger partial charge in [0.05, 0.1) is 17.3 Å². The highest BCUT2D eigenvalue weighted by Crippen LogP contribution is 2.54. The fourth-order valence-corrected chi connectivity index (χ4v) is 4.63. The van der Waals surface area contributed by atoms with Crippen LogP contribution < -0.4 is 15.2 Å². The molecular formula is C26H25N3O3. The average Bonchev–Trinajstić information content (AvgIpc) is 2.97. The zero-order valence-corrected chi connectivity index (χ0v) is 18.3. The first-order valence-corrected chi connectivity index (χ1v) is 10.6. The number of nitrogens with one attached hydrogen (secondary N) is 1. The third-order valence-corrected chi connectivity index (χ3v) is 6.31. The van der Waals surface area contributed by atoms with Gasteiger partial charge in [-0.1, -0.05) is 55.1 Å². The number of carbonyl (C=O) groups excluding carboxylic acids is 1. The summed E-state index contributed by atoms with van der Waals surface area (Å²) in [5, 5.41) is 4.07. The van der Waals surface area contributed by atoms with Gasteiger partial charge in [0.1, 0.15) is 11.4 Å². The summed E-state index contributed by atoms with van der Waals surface area (Å²) >= 11 is 0. The predicted molar refractivity (Wildman–Crippen MR) is 126 cm³/mol. The smallest absolute Gasteiger partial charge is 0.331 e. The van der Waals surface area contributed by atoms with Crippen LogP contribution in [0.1, 0.15) is 26.3 Å². The van der Waals surface area contributed by atoms with Gasteiger partial charge in [0.2, 0.25) is 5.72 Å². The second kappa shape index (κ2) is 7.21. The summed E-state index contributed by atoms with van der Waals surface area (Å²) in [6.45, 7) is 9.51. The summed E-state index contributed by atoms with van der Waals surface area (Å²) in [4.78, 5) is 16.7. The molecule has 32 heavy (non-hydrogen) atoms. The Bertz CT molecular complexity index is 1270. The Labute approximate surface area is 187 Å². The predicted octanol–water partition coefficient (Wildman–Crippen LogP) is 5.01. The lowest BCUT2D eigenvalue weighted by Gasteiger charge is -2.46. The molecule has 2 heterocycles. The van der Waals surface area contributed by atoms with Crippen molar-refractivity contribution in [3.63, 3.8) is 0 Å². The summed E-state index contributed by atoms with van der Waals surface area (Å²) in [7, 11) is 0. The molecule has 2 aliphatic heterocycles. The number of hydrazine groups is 1. The van der Waals surface area contributed by atoms with E-state index in [0.29, 0.717) is 5.75 Å². The monoisotopic (exact) mass is 427 g/mol. The Kier molecular flexibility index (Phi) is 4.57. The van der Waals surface area contributed by atoms with Crippen molar-refractivity contribution in [1.82, 2.24) is 5.43 Å². The molecule has 0 saturated heterocycles. The Hall–Kier alpha value is -3.64. The Morgan fingerprint density at radius 1 is 1.16 bits per heavy atom. The lowest BCUT2D eigenvalue weighted by atomic mass is 9.77. The van der Waals surface area contributed by atoms with Gasteiger partial charge in [0.25, 0.3) is 0 Å². The summed E-state index contributed by atoms with van der Waals surface area (Å²) in [5.74, 6) is 0.204. The van der Waals surface area contributed by atoms with Crippen molar-refractivity contribution in [2.24, 2.45) is 4.99 Å². The van der Waals surface area contributed by atoms with E-state index in [1.54, 1.807) is 6.92 Å². The molecule has 0 amide bonds. The molecular weight excluding hydrogens is 402 g/mol. The number of rotatable bonds is 4. The van der Waals surface area contributed by atoms with Crippen LogP contribution in [0.4, 0.5) is 11.4 Å². The van der Waals surface area contributed by atoms with Crippen molar-refractivity contribution in [1.29, 1.82) is 0 Å². The molecule has 0 saturated carbocycles. The minimum Gasteiger partial charge on any atom is -0.458 e. The number of hydrogen-bond acceptors (Lipinski definition) is 6. The molecule has 0 aliphatic carbocycles. The molecule has 1 spiro atoms. The van der Waals surface area contributed by atoms with Crippen molar-refractivity contribution in [2.45, 2.75) is 38.1 Å². The van der Waals surface area contributed by atoms with Gasteiger partial charge in [-0.15, -0.1) is 0 Å². The molecule has 0 aromatic heterocycles. The summed E-state index contributed by atoms with van der Waals surface area (Å²) in [5.41, 5.74) is 4.73. The van der Waals surface area contributed by atoms with Crippen LogP contribution in [0.25, 0.3) is 10.8 Å². The van der Waals surface area contributed by atoms with E-state index in [1.807, 2.05) is 59.8 Å². The molecule has 162 valence electrons. The number of nitrogens with zero attached hydrogens (tertiary/aromatic N) is 2. The molecule has 6 nitrogen and oxygen atoms in total. The van der Waals surface area contributed by atoms with Crippen LogP contribution in [0.3, 0.4) is 0 Å². The topological polar surface area (TPSA) is 63.2 Å². The number of carbonyl (C=O) groups is 1. The maximum atomic E-state index is 11.8. The fourth-order valence-electron chi connectivity index (χ4n) is 4.63. The zero-order valence-electron chi connectivity index (χ0n) is 18.3. The number of aliphatic imine (C=N–C) groups is 1. The Balaban J connectivity index is 1.63. The van der Waals surface area contributed by atoms with Crippen LogP contribution in [-0.4, -0.2) is 24.1 Å². The zero-order chi connectivity index (χ0) is 22.5. The SMILES string of the molecule is C=CC(=O)OC(C)NN1c2ccccc2C(C)(C)C12C=Nc1c(ccc3ccccc13)O2. The van der Waals surface area contributed by atoms with E-state index in [2.05, 4.69) is 38.0 Å². The van der Waals surface area contributed by atoms with Crippen LogP contribution in [0.2, 0.25) is 0 Å². The molecule has 2 unspecified atom stereocenters. The van der Waals surface area contributed by atoms with Gasteiger partial charge in [-0.2, -0.15) is 5.43 Å². The lowest BCUT2D eigenvalue weighted by Crippen LogP contribution is -2.67. The minimum absolute atomic E-state index is 0.467. The average molecular weight is 428 g/mol. The van der Waals surface area contributed by atoms with Gasteiger partial charge < -0.3 is 9.47 Å². The standard InChI is InChI=1S/C26H25N3O3/c1-5-23(30)31-17(2)28-29-21-13-9-8-12-20(21)25(3,4)26(29)16-27-24-19-11-7-6-10-18(19)14-15-22(24)32-26/h5-17,28H,1H2,2-4H3. The van der Waals surface area contributed by atoms with Crippen molar-refractivity contribution < 1.29 is 14.3 Å². The van der Waals surface area contributed by atoms with Crippen LogP contribution in [0.5, 0.6) is 5.75 Å². The maximum Gasteiger partial charge on any atom is 0.331 e. The van der Waals surface area contributed by atoms with Crippen LogP contribution in [0, 0.1) is 0 Å². The molecule has 3 aromatic carbocycles. The van der Waals surface area contributed by atoms with Crippen molar-refractivity contribution in [2.75, 3.05) is 5.01 Å². The highest BCUT2D eigenvalue weighted by atomic mass is 16.6. The van der Waals surface area contributed by atoms with E-state index in [9.17, 15) is 4.79 Å². The number of esters is 1. The molecule has 6 heteroatoms. The van der Waals surface area contributed by atoms with Gasteiger partial charge in [0.15, 0.2) is 6.23 Å². The molecule has 0 fully saturated rings. The van der Waals surface area contributed by atoms with Gasteiger partial charge in [-0.25, -0.2) is 4.79 Å². The van der Waals surface area contributed by atoms with E-state index in [0.717, 1.165) is 33.8 Å². The molecule has 0 radical (unpaired) electrons. The first kappa shape index (κ1) is 20.3. The third-order valence-electron chi connectivity index (χ3n) is 6.31. The second-order valence-corrected chi connectivity index (χ2v) is 8.58. The maximum absolute atomic E-state index is 11.8. The van der Waals surface area contributed by atoms with E-state index in [4.69, 9.17) is 14.5 Å². The number of hydrogen-bond donors (Lipinski definition) is 1. The lowest BCUT2D eigenvalue weighted by molar-refractivity contribution is -0.144. The van der Waals surface area contributed by atoms with Crippen molar-refractivity contribution in [3.8, 4) is 5.75 Å². The number of anilines is 1. The number of ether oxygens (including phenoxy) is 2. The van der Waals surface area contributed by atoms with E-state index in [-0.39, 0.29) is 0 Å². The Morgan fingerprint density at radius 3 is 2.72 bits per heavy atom. The molecule has 2 atom stereocenters. The van der Waals surface area contributed by atoms with Gasteiger partial charge in [-0.05, 0) is 43.9 Å². The van der Waals surface area contributed by atoms with Gasteiger partial charge in [0, 0.05) is 11.5 Å². The summed E-state index contributed by atoms with van der Waals surface area (Å²) in [6, 6.07) is 20.2. The number of para-hydroxylation sites is 1. The van der Waals surface area contributed by atoms with Crippen LogP contribution in [0.15, 0.2) is 78.3 Å². The molecule has 1 N–H and O–H groups in total. The highest BCUT2D eigenvalue weighted by Gasteiger charge is 2.60. The first-order chi connectivity index (χ1) is 15.4. The van der Waals surface area contributed by atoms with Crippen LogP contribution >= 0.6 is 0 Å². The van der Waals surface area contributed by atoms with Gasteiger partial charge in [-0.3, -0.25) is 10.0 Å². The quantitative estimate of drug-likeness (QED) is 0.360. The largest absolute Gasteiger partial charge is 0.458 e. The summed E-state index contributed by atoms with van der Waals surface area (Å²) in [6.07, 6.45) is 2.39. The third kappa shape index (κ3) is 2.83. The minimum atomic E-state index is -0.971. The first-order valence-electron chi connectivity index (χ1n) is 10.6. The van der Waals surface area contributed by atoms with E-state index in [1.165, 1.54) is 0 Å². The molecule has 3 aromatic rings. The van der Waals surface area contributed by atoms with Gasteiger partial charge >= 0.3 is 5.97 Å². The second-order valence-electron chi connectivity index (χ2n) is 8.58. The Morgan fingerprint density at radius 2 is 1.91 bits per heavy atom. The highest BCUT2D eigenvalue weighted by molar-refractivity contribution is 5.99. The fraction of sp³-hybridized carbons (Fsp3) is 0.231.